The molecular weight excluding hydrogens is 240 g/mol. The van der Waals surface area contributed by atoms with Gasteiger partial charge in [0.25, 0.3) is 0 Å². The molecule has 0 heteroatoms. The van der Waals surface area contributed by atoms with Gasteiger partial charge in [0.1, 0.15) is 0 Å². The average Bonchev–Trinajstić information content (AvgIpc) is 2.44. The van der Waals surface area contributed by atoms with Crippen molar-refractivity contribution < 1.29 is 0 Å². The highest BCUT2D eigenvalue weighted by Gasteiger charge is 2.04. The van der Waals surface area contributed by atoms with Gasteiger partial charge in [-0.15, -0.1) is 0 Å². The van der Waals surface area contributed by atoms with E-state index in [2.05, 4.69) is 57.7 Å². The molecule has 1 rings (SSSR count). The highest BCUT2D eigenvalue weighted by Crippen LogP contribution is 2.24. The Hall–Kier alpha value is -1.56. The maximum atomic E-state index is 3.72. The van der Waals surface area contributed by atoms with Gasteiger partial charge in [0.15, 0.2) is 0 Å². The van der Waals surface area contributed by atoms with E-state index in [9.17, 15) is 0 Å². The number of rotatable bonds is 3. The molecule has 0 aromatic heterocycles. The minimum Gasteiger partial charge on any atom is -0.0991 e. The third kappa shape index (κ3) is 7.78. The van der Waals surface area contributed by atoms with Crippen LogP contribution in [0.5, 0.6) is 0 Å². The minimum atomic E-state index is 0. The van der Waals surface area contributed by atoms with Gasteiger partial charge in [-0.3, -0.25) is 0 Å². The van der Waals surface area contributed by atoms with Gasteiger partial charge in [-0.1, -0.05) is 84.4 Å². The lowest BCUT2D eigenvalue weighted by molar-refractivity contribution is 1.29. The fourth-order valence-corrected chi connectivity index (χ4v) is 1.72. The van der Waals surface area contributed by atoms with E-state index in [0.717, 1.165) is 6.42 Å². The molecule has 0 N–H and O–H groups in total. The van der Waals surface area contributed by atoms with E-state index < -0.39 is 0 Å². The van der Waals surface area contributed by atoms with Crippen LogP contribution in [-0.4, -0.2) is 0 Å². The molecule has 20 heavy (non-hydrogen) atoms. The number of hydrogen-bond acceptors (Lipinski definition) is 0. The van der Waals surface area contributed by atoms with Gasteiger partial charge in [0, 0.05) is 0 Å². The van der Waals surface area contributed by atoms with Crippen molar-refractivity contribution in [3.05, 3.63) is 71.4 Å². The molecule has 0 atom stereocenters. The Balaban J connectivity index is -0.000000320. The predicted molar refractivity (Wildman–Crippen MR) is 100 cm³/mol. The molecule has 0 radical (unpaired) electrons. The average molecular weight is 277 g/mol. The van der Waals surface area contributed by atoms with Gasteiger partial charge < -0.3 is 0 Å². The summed E-state index contributed by atoms with van der Waals surface area (Å²) in [5.74, 6) is 0. The summed E-state index contributed by atoms with van der Waals surface area (Å²) in [5, 5.41) is 0. The maximum Gasteiger partial charge on any atom is -0.0159 e. The zero-order chi connectivity index (χ0) is 12.0. The first-order chi connectivity index (χ1) is 7.66. The van der Waals surface area contributed by atoms with Crippen LogP contribution in [0.15, 0.2) is 71.4 Å². The van der Waals surface area contributed by atoms with Crippen molar-refractivity contribution in [1.29, 1.82) is 0 Å². The fraction of sp³-hybridized carbons (Fsp3) is 0.400. The predicted octanol–water partition coefficient (Wildman–Crippen LogP) is 7.44. The Kier molecular flexibility index (Phi) is 18.6. The standard InChI is InChI=1S/C16H20.4CH4/c1-5-6-11-15(13(2)3)16-12-9-7-8-10-14(16)4;;;;/h5-6,8-12H,1,7H2,2-4H3;4*1H4/b11-6-;;;;. The SMILES string of the molecule is C.C.C.C.C=C/C=C\C(=C(C)C)C1=C(C)C=CCC=C1. The normalized spacial score (nSPS) is 12.3. The lowest BCUT2D eigenvalue weighted by atomic mass is 9.96. The van der Waals surface area contributed by atoms with E-state index in [0.29, 0.717) is 0 Å². The van der Waals surface area contributed by atoms with Crippen LogP contribution in [-0.2, 0) is 0 Å². The summed E-state index contributed by atoms with van der Waals surface area (Å²) in [4.78, 5) is 0. The van der Waals surface area contributed by atoms with Crippen LogP contribution in [0.1, 0.15) is 56.9 Å². The van der Waals surface area contributed by atoms with Crippen LogP contribution in [0.2, 0.25) is 0 Å². The summed E-state index contributed by atoms with van der Waals surface area (Å²) in [6, 6.07) is 0. The van der Waals surface area contributed by atoms with Crippen LogP contribution >= 0.6 is 0 Å². The number of hydrogen-bond donors (Lipinski definition) is 0. The van der Waals surface area contributed by atoms with Crippen LogP contribution in [0, 0.1) is 0 Å². The van der Waals surface area contributed by atoms with Gasteiger partial charge in [-0.2, -0.15) is 0 Å². The fourth-order valence-electron chi connectivity index (χ4n) is 1.72. The Morgan fingerprint density at radius 3 is 2.10 bits per heavy atom. The molecule has 0 spiro atoms. The zero-order valence-corrected chi connectivity index (χ0v) is 10.5. The van der Waals surface area contributed by atoms with Crippen molar-refractivity contribution in [2.75, 3.05) is 0 Å². The van der Waals surface area contributed by atoms with E-state index in [1.54, 1.807) is 0 Å². The molecule has 0 bridgehead atoms. The first-order valence-corrected chi connectivity index (χ1v) is 5.67. The summed E-state index contributed by atoms with van der Waals surface area (Å²) in [6.45, 7) is 10.2. The van der Waals surface area contributed by atoms with Crippen LogP contribution in [0.4, 0.5) is 0 Å². The van der Waals surface area contributed by atoms with Gasteiger partial charge >= 0.3 is 0 Å². The third-order valence-corrected chi connectivity index (χ3v) is 2.58. The second kappa shape index (κ2) is 13.9. The Morgan fingerprint density at radius 2 is 1.60 bits per heavy atom. The molecule has 0 aliphatic heterocycles. The molecular formula is C20H36. The molecule has 0 saturated heterocycles. The van der Waals surface area contributed by atoms with Crippen molar-refractivity contribution in [3.63, 3.8) is 0 Å². The van der Waals surface area contributed by atoms with Gasteiger partial charge in [0.05, 0.1) is 0 Å². The Labute approximate surface area is 129 Å². The Bertz CT molecular complexity index is 405. The van der Waals surface area contributed by atoms with Crippen molar-refractivity contribution in [3.8, 4) is 0 Å². The summed E-state index contributed by atoms with van der Waals surface area (Å²) in [6.07, 6.45) is 15.8. The molecule has 0 aromatic carbocycles. The molecule has 0 unspecified atom stereocenters. The lowest BCUT2D eigenvalue weighted by Crippen LogP contribution is -1.89. The Morgan fingerprint density at radius 1 is 1.05 bits per heavy atom. The molecule has 116 valence electrons. The molecule has 0 heterocycles. The van der Waals surface area contributed by atoms with E-state index in [1.807, 2.05) is 12.2 Å². The van der Waals surface area contributed by atoms with E-state index in [1.165, 1.54) is 22.3 Å². The van der Waals surface area contributed by atoms with Gasteiger partial charge in [-0.25, -0.2) is 0 Å². The molecule has 1 aliphatic rings. The lowest BCUT2D eigenvalue weighted by Gasteiger charge is -2.09. The van der Waals surface area contributed by atoms with Gasteiger partial charge in [-0.05, 0) is 43.9 Å². The summed E-state index contributed by atoms with van der Waals surface area (Å²) >= 11 is 0. The summed E-state index contributed by atoms with van der Waals surface area (Å²) < 4.78 is 0. The van der Waals surface area contributed by atoms with Crippen LogP contribution < -0.4 is 0 Å². The second-order valence-electron chi connectivity index (χ2n) is 4.15. The number of allylic oxidation sites excluding steroid dienone is 11. The third-order valence-electron chi connectivity index (χ3n) is 2.58. The first-order valence-electron chi connectivity index (χ1n) is 5.67. The van der Waals surface area contributed by atoms with Crippen molar-refractivity contribution in [2.45, 2.75) is 56.9 Å². The molecule has 0 fully saturated rings. The molecule has 0 aromatic rings. The molecule has 0 nitrogen and oxygen atoms in total. The van der Waals surface area contributed by atoms with E-state index >= 15 is 0 Å². The zero-order valence-electron chi connectivity index (χ0n) is 10.5. The van der Waals surface area contributed by atoms with E-state index in [4.69, 9.17) is 0 Å². The highest BCUT2D eigenvalue weighted by atomic mass is 14.1. The minimum absolute atomic E-state index is 0. The second-order valence-corrected chi connectivity index (χ2v) is 4.15. The van der Waals surface area contributed by atoms with Crippen LogP contribution in [0.3, 0.4) is 0 Å². The molecule has 0 amide bonds. The van der Waals surface area contributed by atoms with Gasteiger partial charge in [0.2, 0.25) is 0 Å². The van der Waals surface area contributed by atoms with E-state index in [-0.39, 0.29) is 29.7 Å². The first kappa shape index (κ1) is 26.9. The summed E-state index contributed by atoms with van der Waals surface area (Å²) in [7, 11) is 0. The monoisotopic (exact) mass is 276 g/mol. The highest BCUT2D eigenvalue weighted by molar-refractivity contribution is 5.54. The summed E-state index contributed by atoms with van der Waals surface area (Å²) in [5.41, 5.74) is 5.25. The smallest absolute Gasteiger partial charge is 0.0159 e. The largest absolute Gasteiger partial charge is 0.0991 e. The van der Waals surface area contributed by atoms with Crippen LogP contribution in [0.25, 0.3) is 0 Å². The molecule has 0 saturated carbocycles. The topological polar surface area (TPSA) is 0 Å². The van der Waals surface area contributed by atoms with Crippen molar-refractivity contribution in [1.82, 2.24) is 0 Å². The molecule has 1 aliphatic carbocycles. The maximum absolute atomic E-state index is 3.72. The quantitative estimate of drug-likeness (QED) is 0.470. The van der Waals surface area contributed by atoms with Crippen molar-refractivity contribution >= 4 is 0 Å². The van der Waals surface area contributed by atoms with Crippen molar-refractivity contribution in [2.24, 2.45) is 0 Å².